The minimum atomic E-state index is 0.110. The van der Waals surface area contributed by atoms with E-state index < -0.39 is 0 Å². The minimum absolute atomic E-state index is 0.110. The lowest BCUT2D eigenvalue weighted by molar-refractivity contribution is 0.0734. The Balaban J connectivity index is 1.55. The maximum absolute atomic E-state index is 13.0. The molecule has 5 heteroatoms. The predicted octanol–water partition coefficient (Wildman–Crippen LogP) is 4.98. The number of thiazole rings is 1. The number of hydrogen-bond acceptors (Lipinski definition) is 4. The molecule has 2 heterocycles. The number of carbonyl (C=O) groups is 1. The standard InChI is InChI=1S/C19H18N2OS2/c1-13-4-6-14(7-5-13)12-21(15-8-9-15)19(22)17-11-20-18(24-17)16-3-2-10-23-16/h2-7,10-11,15H,8-9,12H2,1H3. The molecule has 1 aromatic carbocycles. The zero-order chi connectivity index (χ0) is 16.5. The lowest BCUT2D eigenvalue weighted by Gasteiger charge is -2.21. The van der Waals surface area contributed by atoms with Gasteiger partial charge in [-0.25, -0.2) is 4.98 Å². The third-order valence-electron chi connectivity index (χ3n) is 4.17. The van der Waals surface area contributed by atoms with Crippen LogP contribution in [0.4, 0.5) is 0 Å². The van der Waals surface area contributed by atoms with Crippen LogP contribution in [0, 0.1) is 6.92 Å². The van der Waals surface area contributed by atoms with Gasteiger partial charge in [0.1, 0.15) is 9.88 Å². The Bertz CT molecular complexity index is 833. The topological polar surface area (TPSA) is 33.2 Å². The molecule has 0 aliphatic heterocycles. The molecule has 0 unspecified atom stereocenters. The van der Waals surface area contributed by atoms with Crippen LogP contribution >= 0.6 is 22.7 Å². The fourth-order valence-corrected chi connectivity index (χ4v) is 4.35. The first kappa shape index (κ1) is 15.5. The summed E-state index contributed by atoms with van der Waals surface area (Å²) in [6.45, 7) is 2.76. The highest BCUT2D eigenvalue weighted by Gasteiger charge is 2.33. The molecule has 0 atom stereocenters. The number of hydrogen-bond donors (Lipinski definition) is 0. The molecule has 0 bridgehead atoms. The van der Waals surface area contributed by atoms with Gasteiger partial charge in [-0.05, 0) is 36.8 Å². The summed E-state index contributed by atoms with van der Waals surface area (Å²) in [5, 5.41) is 2.96. The Hall–Kier alpha value is -1.98. The van der Waals surface area contributed by atoms with Crippen LogP contribution in [-0.2, 0) is 6.54 Å². The van der Waals surface area contributed by atoms with E-state index in [1.807, 2.05) is 22.4 Å². The van der Waals surface area contributed by atoms with Crippen LogP contribution in [0.5, 0.6) is 0 Å². The third kappa shape index (κ3) is 3.28. The van der Waals surface area contributed by atoms with Crippen LogP contribution in [0.1, 0.15) is 33.6 Å². The number of aromatic nitrogens is 1. The van der Waals surface area contributed by atoms with Gasteiger partial charge in [-0.2, -0.15) is 0 Å². The molecule has 1 fully saturated rings. The van der Waals surface area contributed by atoms with E-state index in [1.165, 1.54) is 22.5 Å². The number of nitrogens with zero attached hydrogens (tertiary/aromatic N) is 2. The van der Waals surface area contributed by atoms with Gasteiger partial charge < -0.3 is 4.90 Å². The van der Waals surface area contributed by atoms with Gasteiger partial charge >= 0.3 is 0 Å². The second-order valence-electron chi connectivity index (χ2n) is 6.16. The minimum Gasteiger partial charge on any atom is -0.331 e. The van der Waals surface area contributed by atoms with Crippen molar-refractivity contribution in [2.45, 2.75) is 32.4 Å². The van der Waals surface area contributed by atoms with Crippen LogP contribution in [0.2, 0.25) is 0 Å². The van der Waals surface area contributed by atoms with Gasteiger partial charge in [0, 0.05) is 12.6 Å². The fourth-order valence-electron chi connectivity index (χ4n) is 2.67. The normalized spacial score (nSPS) is 13.9. The summed E-state index contributed by atoms with van der Waals surface area (Å²) in [6.07, 6.45) is 3.94. The first-order valence-corrected chi connectivity index (χ1v) is 9.76. The quantitative estimate of drug-likeness (QED) is 0.647. The molecule has 0 N–H and O–H groups in total. The van der Waals surface area contributed by atoms with Crippen LogP contribution in [0.25, 0.3) is 9.88 Å². The summed E-state index contributed by atoms with van der Waals surface area (Å²) in [4.78, 5) is 21.3. The molecule has 1 aliphatic rings. The molecule has 1 amide bonds. The van der Waals surface area contributed by atoms with Gasteiger partial charge in [-0.1, -0.05) is 35.9 Å². The zero-order valence-corrected chi connectivity index (χ0v) is 15.1. The molecule has 1 saturated carbocycles. The number of aryl methyl sites for hydroxylation is 1. The van der Waals surface area contributed by atoms with E-state index in [4.69, 9.17) is 0 Å². The first-order chi connectivity index (χ1) is 11.7. The molecule has 122 valence electrons. The van der Waals surface area contributed by atoms with Crippen molar-refractivity contribution in [1.29, 1.82) is 0 Å². The molecular weight excluding hydrogens is 336 g/mol. The van der Waals surface area contributed by atoms with E-state index in [0.717, 1.165) is 27.6 Å². The Morgan fingerprint density at radius 1 is 1.25 bits per heavy atom. The van der Waals surface area contributed by atoms with Gasteiger partial charge in [-0.3, -0.25) is 4.79 Å². The number of rotatable bonds is 5. The Kier molecular flexibility index (Phi) is 4.21. The average Bonchev–Trinajstić information content (AvgIpc) is 3.09. The highest BCUT2D eigenvalue weighted by molar-refractivity contribution is 7.21. The van der Waals surface area contributed by atoms with Crippen molar-refractivity contribution < 1.29 is 4.79 Å². The van der Waals surface area contributed by atoms with E-state index in [9.17, 15) is 4.79 Å². The maximum atomic E-state index is 13.0. The average molecular weight is 355 g/mol. The lowest BCUT2D eigenvalue weighted by atomic mass is 10.1. The summed E-state index contributed by atoms with van der Waals surface area (Å²) in [5.74, 6) is 0.110. The maximum Gasteiger partial charge on any atom is 0.266 e. The van der Waals surface area contributed by atoms with E-state index in [1.54, 1.807) is 17.5 Å². The van der Waals surface area contributed by atoms with Crippen LogP contribution in [0.15, 0.2) is 48.0 Å². The van der Waals surface area contributed by atoms with Crippen molar-refractivity contribution in [2.75, 3.05) is 0 Å². The molecule has 0 radical (unpaired) electrons. The van der Waals surface area contributed by atoms with Gasteiger partial charge in [0.05, 0.1) is 11.1 Å². The highest BCUT2D eigenvalue weighted by atomic mass is 32.1. The molecule has 4 rings (SSSR count). The molecule has 3 nitrogen and oxygen atoms in total. The molecular formula is C19H18N2OS2. The zero-order valence-electron chi connectivity index (χ0n) is 13.4. The smallest absolute Gasteiger partial charge is 0.266 e. The molecule has 0 saturated heterocycles. The predicted molar refractivity (Wildman–Crippen MR) is 99.5 cm³/mol. The summed E-state index contributed by atoms with van der Waals surface area (Å²) < 4.78 is 0. The largest absolute Gasteiger partial charge is 0.331 e. The van der Waals surface area contributed by atoms with Gasteiger partial charge in [0.15, 0.2) is 0 Å². The van der Waals surface area contributed by atoms with E-state index in [0.29, 0.717) is 12.6 Å². The second kappa shape index (κ2) is 6.49. The van der Waals surface area contributed by atoms with Crippen molar-refractivity contribution in [3.05, 3.63) is 64.0 Å². The van der Waals surface area contributed by atoms with Crippen molar-refractivity contribution in [3.8, 4) is 9.88 Å². The third-order valence-corrected chi connectivity index (χ3v) is 6.19. The summed E-state index contributed by atoms with van der Waals surface area (Å²) in [7, 11) is 0. The van der Waals surface area contributed by atoms with Crippen molar-refractivity contribution in [1.82, 2.24) is 9.88 Å². The highest BCUT2D eigenvalue weighted by Crippen LogP contribution is 2.33. The molecule has 0 spiro atoms. The first-order valence-electron chi connectivity index (χ1n) is 8.07. The lowest BCUT2D eigenvalue weighted by Crippen LogP contribution is -2.32. The summed E-state index contributed by atoms with van der Waals surface area (Å²) >= 11 is 3.15. The van der Waals surface area contributed by atoms with Crippen LogP contribution in [0.3, 0.4) is 0 Å². The fraction of sp³-hybridized carbons (Fsp3) is 0.263. The Labute approximate surface area is 149 Å². The Morgan fingerprint density at radius 3 is 2.71 bits per heavy atom. The van der Waals surface area contributed by atoms with Crippen LogP contribution in [-0.4, -0.2) is 21.8 Å². The number of thiophene rings is 1. The van der Waals surface area contributed by atoms with Gasteiger partial charge in [0.25, 0.3) is 5.91 Å². The number of amides is 1. The summed E-state index contributed by atoms with van der Waals surface area (Å²) in [5.41, 5.74) is 2.43. The van der Waals surface area contributed by atoms with Crippen molar-refractivity contribution in [2.24, 2.45) is 0 Å². The van der Waals surface area contributed by atoms with Gasteiger partial charge in [-0.15, -0.1) is 22.7 Å². The summed E-state index contributed by atoms with van der Waals surface area (Å²) in [6, 6.07) is 12.9. The number of carbonyl (C=O) groups excluding carboxylic acids is 1. The molecule has 3 aromatic rings. The molecule has 1 aliphatic carbocycles. The van der Waals surface area contributed by atoms with Crippen molar-refractivity contribution >= 4 is 28.6 Å². The SMILES string of the molecule is Cc1ccc(CN(C(=O)c2cnc(-c3cccs3)s2)C2CC2)cc1. The van der Waals surface area contributed by atoms with Crippen LogP contribution < -0.4 is 0 Å². The monoisotopic (exact) mass is 354 g/mol. The molecule has 24 heavy (non-hydrogen) atoms. The van der Waals surface area contributed by atoms with E-state index in [2.05, 4.69) is 36.2 Å². The van der Waals surface area contributed by atoms with E-state index >= 15 is 0 Å². The van der Waals surface area contributed by atoms with Gasteiger partial charge in [0.2, 0.25) is 0 Å². The number of benzene rings is 1. The Morgan fingerprint density at radius 2 is 2.04 bits per heavy atom. The van der Waals surface area contributed by atoms with E-state index in [-0.39, 0.29) is 5.91 Å². The molecule has 2 aromatic heterocycles. The second-order valence-corrected chi connectivity index (χ2v) is 8.14. The van der Waals surface area contributed by atoms with Crippen molar-refractivity contribution in [3.63, 3.8) is 0 Å².